The zero-order chi connectivity index (χ0) is 13.1. The monoisotopic (exact) mass is 250 g/mol. The molecule has 0 amide bonds. The van der Waals surface area contributed by atoms with Crippen LogP contribution in [0.4, 0.5) is 0 Å². The molecular weight excluding hydrogens is 227 g/mol. The number of aliphatic carboxylic acids is 1. The number of carboxylic acid groups (broad SMARTS) is 1. The van der Waals surface area contributed by atoms with Crippen molar-refractivity contribution in [2.75, 3.05) is 13.1 Å². The minimum absolute atomic E-state index is 0. The van der Waals surface area contributed by atoms with Gasteiger partial charge in [-0.25, -0.2) is 0 Å². The van der Waals surface area contributed by atoms with Gasteiger partial charge in [0.2, 0.25) is 0 Å². The van der Waals surface area contributed by atoms with Crippen molar-refractivity contribution >= 4 is 5.97 Å². The summed E-state index contributed by atoms with van der Waals surface area (Å²) in [4.78, 5) is 10.5. The first kappa shape index (κ1) is 19.7. The standard InChI is InChI=1S/C12H24N2O3.Li/c1-3-4-5-6-11(15)9-13-7-8-14-10(2)12(16)17;/h9-10,13-15H,3-8H2,1-2H3,(H,16,17);/q;+1/p-1/b11-9-;. The van der Waals surface area contributed by atoms with Gasteiger partial charge in [0.05, 0.1) is 0 Å². The van der Waals surface area contributed by atoms with E-state index in [0.29, 0.717) is 19.5 Å². The Labute approximate surface area is 121 Å². The van der Waals surface area contributed by atoms with E-state index in [1.54, 1.807) is 6.92 Å². The first-order valence-electron chi connectivity index (χ1n) is 6.13. The van der Waals surface area contributed by atoms with Gasteiger partial charge in [-0.3, -0.25) is 4.79 Å². The zero-order valence-corrected chi connectivity index (χ0v) is 11.7. The topological polar surface area (TPSA) is 84.4 Å². The number of nitrogens with one attached hydrogen (secondary N) is 2. The Morgan fingerprint density at radius 3 is 2.61 bits per heavy atom. The molecule has 0 saturated carbocycles. The third kappa shape index (κ3) is 11.8. The second kappa shape index (κ2) is 12.8. The van der Waals surface area contributed by atoms with Crippen LogP contribution >= 0.6 is 0 Å². The summed E-state index contributed by atoms with van der Waals surface area (Å²) in [6.07, 6.45) is 5.18. The van der Waals surface area contributed by atoms with Crippen LogP contribution in [0.25, 0.3) is 0 Å². The van der Waals surface area contributed by atoms with Crippen LogP contribution in [0.15, 0.2) is 12.0 Å². The molecule has 0 saturated heterocycles. The van der Waals surface area contributed by atoms with Crippen LogP contribution in [0.1, 0.15) is 39.5 Å². The summed E-state index contributed by atoms with van der Waals surface area (Å²) in [6.45, 7) is 4.76. The van der Waals surface area contributed by atoms with Crippen LogP contribution in [-0.4, -0.2) is 30.2 Å². The van der Waals surface area contributed by atoms with Crippen LogP contribution in [0, 0.1) is 0 Å². The van der Waals surface area contributed by atoms with E-state index in [1.807, 2.05) is 0 Å². The summed E-state index contributed by atoms with van der Waals surface area (Å²) < 4.78 is 0. The van der Waals surface area contributed by atoms with Crippen molar-refractivity contribution in [2.45, 2.75) is 45.6 Å². The minimum Gasteiger partial charge on any atom is -0.874 e. The van der Waals surface area contributed by atoms with Gasteiger partial charge >= 0.3 is 24.8 Å². The molecule has 0 aliphatic carbocycles. The van der Waals surface area contributed by atoms with E-state index in [4.69, 9.17) is 5.11 Å². The Balaban J connectivity index is 0. The molecule has 0 fully saturated rings. The molecule has 0 rings (SSSR count). The molecule has 0 aromatic carbocycles. The van der Waals surface area contributed by atoms with E-state index in [2.05, 4.69) is 17.6 Å². The fourth-order valence-electron chi connectivity index (χ4n) is 1.26. The second-order valence-electron chi connectivity index (χ2n) is 4.04. The van der Waals surface area contributed by atoms with Gasteiger partial charge in [-0.05, 0) is 19.5 Å². The van der Waals surface area contributed by atoms with Crippen molar-refractivity contribution in [3.05, 3.63) is 12.0 Å². The van der Waals surface area contributed by atoms with Crippen LogP contribution in [0.3, 0.4) is 0 Å². The Kier molecular flexibility index (Phi) is 14.0. The summed E-state index contributed by atoms with van der Waals surface area (Å²) in [6, 6.07) is -0.558. The largest absolute Gasteiger partial charge is 1.00 e. The van der Waals surface area contributed by atoms with Gasteiger partial charge in [0, 0.05) is 13.1 Å². The normalized spacial score (nSPS) is 12.7. The summed E-state index contributed by atoms with van der Waals surface area (Å²) in [7, 11) is 0. The maximum atomic E-state index is 11.3. The van der Waals surface area contributed by atoms with Gasteiger partial charge in [0.1, 0.15) is 6.04 Å². The quantitative estimate of drug-likeness (QED) is 0.225. The molecule has 3 N–H and O–H groups in total. The summed E-state index contributed by atoms with van der Waals surface area (Å²) in [5, 5.41) is 25.6. The maximum Gasteiger partial charge on any atom is 1.00 e. The van der Waals surface area contributed by atoms with Gasteiger partial charge in [-0.1, -0.05) is 26.2 Å². The molecule has 0 aromatic rings. The van der Waals surface area contributed by atoms with E-state index in [-0.39, 0.29) is 24.6 Å². The maximum absolute atomic E-state index is 11.3. The number of hydrogen-bond donors (Lipinski definition) is 3. The molecule has 0 spiro atoms. The summed E-state index contributed by atoms with van der Waals surface area (Å²) in [5.41, 5.74) is 0. The van der Waals surface area contributed by atoms with Gasteiger partial charge in [0.25, 0.3) is 0 Å². The Bertz CT molecular complexity index is 247. The van der Waals surface area contributed by atoms with Crippen LogP contribution in [0.5, 0.6) is 0 Å². The number of rotatable bonds is 10. The van der Waals surface area contributed by atoms with Crippen LogP contribution in [-0.2, 0) is 4.79 Å². The van der Waals surface area contributed by atoms with Gasteiger partial charge in [-0.2, -0.15) is 0 Å². The number of hydrogen-bond acceptors (Lipinski definition) is 4. The average Bonchev–Trinajstić information content (AvgIpc) is 2.28. The molecule has 0 heterocycles. The number of unbranched alkanes of at least 4 members (excludes halogenated alkanes) is 2. The number of carbonyl (C=O) groups is 1. The van der Waals surface area contributed by atoms with Crippen molar-refractivity contribution in [1.82, 2.24) is 10.6 Å². The van der Waals surface area contributed by atoms with Crippen molar-refractivity contribution < 1.29 is 33.9 Å². The smallest absolute Gasteiger partial charge is 0.874 e. The molecule has 100 valence electrons. The molecule has 0 aliphatic rings. The second-order valence-corrected chi connectivity index (χ2v) is 4.04. The van der Waals surface area contributed by atoms with E-state index in [1.165, 1.54) is 6.20 Å². The first-order valence-corrected chi connectivity index (χ1v) is 6.13. The molecule has 0 aromatic heterocycles. The molecule has 6 heteroatoms. The first-order chi connectivity index (χ1) is 8.07. The van der Waals surface area contributed by atoms with E-state index in [9.17, 15) is 9.90 Å². The van der Waals surface area contributed by atoms with Crippen molar-refractivity contribution in [1.29, 1.82) is 0 Å². The third-order valence-corrected chi connectivity index (χ3v) is 2.38. The third-order valence-electron chi connectivity index (χ3n) is 2.38. The molecule has 1 atom stereocenters. The molecule has 18 heavy (non-hydrogen) atoms. The predicted octanol–water partition coefficient (Wildman–Crippen LogP) is -2.58. The fourth-order valence-corrected chi connectivity index (χ4v) is 1.26. The van der Waals surface area contributed by atoms with Crippen LogP contribution < -0.4 is 34.6 Å². The van der Waals surface area contributed by atoms with Gasteiger partial charge in [-0.15, -0.1) is 5.76 Å². The van der Waals surface area contributed by atoms with Gasteiger partial charge < -0.3 is 20.8 Å². The van der Waals surface area contributed by atoms with Crippen molar-refractivity contribution in [2.24, 2.45) is 0 Å². The minimum atomic E-state index is -0.871. The fraction of sp³-hybridized carbons (Fsp3) is 0.750. The molecule has 0 radical (unpaired) electrons. The SMILES string of the molecule is CCCCC/C([O-])=C/NCCNC(C)C(=O)O.[Li+]. The van der Waals surface area contributed by atoms with Crippen molar-refractivity contribution in [3.8, 4) is 0 Å². The summed E-state index contributed by atoms with van der Waals surface area (Å²) >= 11 is 0. The van der Waals surface area contributed by atoms with E-state index in [0.717, 1.165) is 19.3 Å². The summed E-state index contributed by atoms with van der Waals surface area (Å²) in [5.74, 6) is -0.769. The molecule has 0 aliphatic heterocycles. The van der Waals surface area contributed by atoms with Crippen LogP contribution in [0.2, 0.25) is 0 Å². The van der Waals surface area contributed by atoms with E-state index >= 15 is 0 Å². The van der Waals surface area contributed by atoms with Crippen molar-refractivity contribution in [3.63, 3.8) is 0 Å². The predicted molar refractivity (Wildman–Crippen MR) is 65.3 cm³/mol. The molecule has 5 nitrogen and oxygen atoms in total. The zero-order valence-electron chi connectivity index (χ0n) is 11.7. The Hall–Kier alpha value is -0.633. The number of carboxylic acids is 1. The molecule has 0 bridgehead atoms. The van der Waals surface area contributed by atoms with E-state index < -0.39 is 12.0 Å². The Morgan fingerprint density at radius 2 is 2.06 bits per heavy atom. The average molecular weight is 250 g/mol. The number of allylic oxidation sites excluding steroid dienone is 1. The Morgan fingerprint density at radius 1 is 1.39 bits per heavy atom. The van der Waals surface area contributed by atoms with Gasteiger partial charge in [0.15, 0.2) is 0 Å². The molecular formula is C12H23LiN2O3. The molecule has 1 unspecified atom stereocenters.